The maximum absolute atomic E-state index is 14.0. The van der Waals surface area contributed by atoms with Crippen LogP contribution in [-0.4, -0.2) is 113 Å². The van der Waals surface area contributed by atoms with Crippen LogP contribution in [0.4, 0.5) is 0 Å². The van der Waals surface area contributed by atoms with E-state index in [4.69, 9.17) is 28.0 Å². The van der Waals surface area contributed by atoms with E-state index in [1.54, 1.807) is 30.3 Å². The molecule has 2 aromatic carbocycles. The molecule has 0 radical (unpaired) electrons. The Morgan fingerprint density at radius 3 is 1.52 bits per heavy atom. The average Bonchev–Trinajstić information content (AvgIpc) is 3.16. The summed E-state index contributed by atoms with van der Waals surface area (Å²) in [6.45, 7) is -0.121. The standard InChI is InChI=1S/C35H52N12O8S/c36-18-28(49)43-27(19-56)32(53)46-25(16-21-10-12-22(48)13-11-21)31(52)45-23(8-4-14-41-34(37)38)29(50)44-24(9-5-15-42-35(39)40)30(51)47-26(33(54)55)17-20-6-2-1-3-7-20/h1-3,6-7,10-13,23-27,48,56H,4-5,8-9,14-19,36H2,(H,43,49)(H,44,50)(H,45,52)(H,46,53)(H,47,51)(H,54,55)(H4,37,38,41)(H4,39,40,42)/t23-,24-,25-,26-,27-/m0/s1. The molecule has 56 heavy (non-hydrogen) atoms. The Balaban J connectivity index is 2.40. The van der Waals surface area contributed by atoms with Crippen molar-refractivity contribution in [3.63, 3.8) is 0 Å². The fourth-order valence-electron chi connectivity index (χ4n) is 5.26. The highest BCUT2D eigenvalue weighted by molar-refractivity contribution is 7.80. The number of carbonyl (C=O) groups is 6. The number of aromatic hydroxyl groups is 1. The summed E-state index contributed by atoms with van der Waals surface area (Å²) in [5.41, 5.74) is 17.3. The predicted octanol–water partition coefficient (Wildman–Crippen LogP) is -2.90. The molecule has 0 saturated carbocycles. The molecule has 0 heterocycles. The minimum absolute atomic E-state index is 0.0265. The van der Waals surface area contributed by atoms with Gasteiger partial charge in [-0.2, -0.15) is 12.6 Å². The van der Waals surface area contributed by atoms with Crippen molar-refractivity contribution in [2.75, 3.05) is 25.4 Å². The highest BCUT2D eigenvalue weighted by atomic mass is 32.1. The molecular formula is C35H52N12O8S. The summed E-state index contributed by atoms with van der Waals surface area (Å²) in [6.07, 6.45) is 0.165. The second-order valence-corrected chi connectivity index (χ2v) is 13.0. The maximum atomic E-state index is 14.0. The second kappa shape index (κ2) is 24.3. The number of phenols is 1. The van der Waals surface area contributed by atoms with Crippen LogP contribution in [0.2, 0.25) is 0 Å². The first-order valence-corrected chi connectivity index (χ1v) is 18.3. The van der Waals surface area contributed by atoms with Gasteiger partial charge < -0.3 is 64.6 Å². The van der Waals surface area contributed by atoms with E-state index in [1.165, 1.54) is 24.3 Å². The molecule has 0 aliphatic rings. The van der Waals surface area contributed by atoms with E-state index in [2.05, 4.69) is 49.8 Å². The maximum Gasteiger partial charge on any atom is 0.326 e. The van der Waals surface area contributed by atoms with Gasteiger partial charge in [-0.15, -0.1) is 0 Å². The first-order chi connectivity index (χ1) is 26.6. The number of benzene rings is 2. The van der Waals surface area contributed by atoms with Gasteiger partial charge >= 0.3 is 5.97 Å². The zero-order valence-electron chi connectivity index (χ0n) is 30.7. The number of rotatable bonds is 24. The van der Waals surface area contributed by atoms with E-state index in [0.717, 1.165) is 0 Å². The van der Waals surface area contributed by atoms with Crippen LogP contribution in [0.3, 0.4) is 0 Å². The number of aliphatic carboxylic acids is 1. The number of thiol groups is 1. The predicted molar refractivity (Wildman–Crippen MR) is 210 cm³/mol. The lowest BCUT2D eigenvalue weighted by molar-refractivity contribution is -0.142. The number of phenolic OH excluding ortho intramolecular Hbond substituents is 1. The number of carboxylic acid groups (broad SMARTS) is 1. The normalized spacial score (nSPS) is 13.3. The summed E-state index contributed by atoms with van der Waals surface area (Å²) in [5.74, 6) is -6.01. The van der Waals surface area contributed by atoms with Crippen molar-refractivity contribution in [1.82, 2.24) is 37.2 Å². The molecule has 5 amide bonds. The number of nitrogens with two attached hydrogens (primary N) is 3. The number of hydrogen-bond donors (Lipinski definition) is 15. The first-order valence-electron chi connectivity index (χ1n) is 17.7. The molecule has 0 aliphatic carbocycles. The first kappa shape index (κ1) is 46.1. The Hall–Kier alpha value is -6.09. The van der Waals surface area contributed by atoms with Crippen molar-refractivity contribution >= 4 is 60.1 Å². The molecule has 0 unspecified atom stereocenters. The van der Waals surface area contributed by atoms with E-state index < -0.39 is 72.3 Å². The monoisotopic (exact) mass is 800 g/mol. The van der Waals surface area contributed by atoms with E-state index in [1.807, 2.05) is 0 Å². The van der Waals surface area contributed by atoms with Gasteiger partial charge in [-0.05, 0) is 48.9 Å². The van der Waals surface area contributed by atoms with Gasteiger partial charge in [0.05, 0.1) is 6.54 Å². The lowest BCUT2D eigenvalue weighted by Gasteiger charge is -2.27. The van der Waals surface area contributed by atoms with Crippen LogP contribution in [0.1, 0.15) is 36.8 Å². The van der Waals surface area contributed by atoms with Gasteiger partial charge in [0, 0.05) is 31.7 Å². The Morgan fingerprint density at radius 1 is 0.625 bits per heavy atom. The van der Waals surface area contributed by atoms with Crippen LogP contribution in [0.25, 0.3) is 0 Å². The third-order valence-electron chi connectivity index (χ3n) is 8.16. The summed E-state index contributed by atoms with van der Waals surface area (Å²) in [7, 11) is 0. The van der Waals surface area contributed by atoms with Gasteiger partial charge in [-0.25, -0.2) is 4.79 Å². The summed E-state index contributed by atoms with van der Waals surface area (Å²) in [4.78, 5) is 78.9. The fourth-order valence-corrected chi connectivity index (χ4v) is 5.52. The number of carbonyl (C=O) groups excluding carboxylic acids is 5. The molecule has 20 nitrogen and oxygen atoms in total. The van der Waals surface area contributed by atoms with Crippen LogP contribution in [-0.2, 0) is 41.6 Å². The summed E-state index contributed by atoms with van der Waals surface area (Å²) in [5, 5.41) is 52.5. The van der Waals surface area contributed by atoms with Gasteiger partial charge in [-0.3, -0.25) is 34.8 Å². The van der Waals surface area contributed by atoms with E-state index in [9.17, 15) is 39.0 Å². The van der Waals surface area contributed by atoms with Crippen LogP contribution >= 0.6 is 12.6 Å². The Kier molecular flexibility index (Phi) is 20.0. The molecule has 2 rings (SSSR count). The summed E-state index contributed by atoms with van der Waals surface area (Å²) in [6, 6.07) is 7.93. The summed E-state index contributed by atoms with van der Waals surface area (Å²) >= 11 is 4.13. The quantitative estimate of drug-likeness (QED) is 0.0220. The highest BCUT2D eigenvalue weighted by Crippen LogP contribution is 2.13. The number of amides is 5. The number of nitrogens with one attached hydrogen (secondary N) is 9. The van der Waals surface area contributed by atoms with E-state index in [-0.39, 0.29) is 75.0 Å². The second-order valence-electron chi connectivity index (χ2n) is 12.6. The minimum Gasteiger partial charge on any atom is -0.508 e. The smallest absolute Gasteiger partial charge is 0.326 e. The van der Waals surface area contributed by atoms with Crippen LogP contribution < -0.4 is 54.4 Å². The van der Waals surface area contributed by atoms with Crippen LogP contribution in [0.15, 0.2) is 54.6 Å². The van der Waals surface area contributed by atoms with Crippen LogP contribution in [0.5, 0.6) is 5.75 Å². The molecule has 21 heteroatoms. The lowest BCUT2D eigenvalue weighted by atomic mass is 10.0. The lowest BCUT2D eigenvalue weighted by Crippen LogP contribution is -2.59. The Bertz CT molecular complexity index is 1650. The molecule has 0 bridgehead atoms. The molecule has 0 aromatic heterocycles. The van der Waals surface area contributed by atoms with E-state index in [0.29, 0.717) is 11.1 Å². The Labute approximate surface area is 329 Å². The SMILES string of the molecule is N=C(N)NCCC[C@H](NC(=O)[C@H](CCCNC(=N)N)NC(=O)[C@H](Cc1ccc(O)cc1)NC(=O)[C@H](CS)NC(=O)CN)C(=O)N[C@@H](Cc1ccccc1)C(=O)O. The third kappa shape index (κ3) is 17.4. The molecule has 0 fully saturated rings. The zero-order valence-corrected chi connectivity index (χ0v) is 31.6. The molecule has 0 saturated heterocycles. The fraction of sp³-hybridized carbons (Fsp3) is 0.429. The molecule has 0 aliphatic heterocycles. The molecule has 17 N–H and O–H groups in total. The average molecular weight is 801 g/mol. The van der Waals surface area contributed by atoms with Gasteiger partial charge in [0.1, 0.15) is 36.0 Å². The van der Waals surface area contributed by atoms with Crippen molar-refractivity contribution in [2.45, 2.75) is 68.7 Å². The summed E-state index contributed by atoms with van der Waals surface area (Å²) < 4.78 is 0. The van der Waals surface area contributed by atoms with Crippen molar-refractivity contribution in [3.8, 4) is 5.75 Å². The van der Waals surface area contributed by atoms with Gasteiger partial charge in [-0.1, -0.05) is 42.5 Å². The van der Waals surface area contributed by atoms with E-state index >= 15 is 0 Å². The minimum atomic E-state index is -1.35. The van der Waals surface area contributed by atoms with Crippen LogP contribution in [0, 0.1) is 10.8 Å². The van der Waals surface area contributed by atoms with Crippen molar-refractivity contribution < 1.29 is 39.0 Å². The Morgan fingerprint density at radius 2 is 1.05 bits per heavy atom. The van der Waals surface area contributed by atoms with Crippen molar-refractivity contribution in [2.24, 2.45) is 17.2 Å². The molecule has 5 atom stereocenters. The van der Waals surface area contributed by atoms with Gasteiger partial charge in [0.2, 0.25) is 29.5 Å². The van der Waals surface area contributed by atoms with Gasteiger partial charge in [0.25, 0.3) is 0 Å². The van der Waals surface area contributed by atoms with Crippen molar-refractivity contribution in [1.29, 1.82) is 10.8 Å². The highest BCUT2D eigenvalue weighted by Gasteiger charge is 2.32. The molecule has 306 valence electrons. The topological polar surface area (TPSA) is 353 Å². The largest absolute Gasteiger partial charge is 0.508 e. The third-order valence-corrected chi connectivity index (χ3v) is 8.53. The molecule has 2 aromatic rings. The van der Waals surface area contributed by atoms with Gasteiger partial charge in [0.15, 0.2) is 11.9 Å². The number of guanidine groups is 2. The number of hydrogen-bond acceptors (Lipinski definition) is 11. The zero-order chi connectivity index (χ0) is 41.6. The van der Waals surface area contributed by atoms with Crippen molar-refractivity contribution in [3.05, 3.63) is 65.7 Å². The number of carboxylic acids is 1. The molecular weight excluding hydrogens is 749 g/mol. The molecule has 0 spiro atoms.